The second-order valence-corrected chi connectivity index (χ2v) is 6.23. The van der Waals surface area contributed by atoms with Gasteiger partial charge in [0.1, 0.15) is 5.75 Å². The smallest absolute Gasteiger partial charge is 0.251 e. The van der Waals surface area contributed by atoms with Crippen LogP contribution in [0.5, 0.6) is 5.75 Å². The molecule has 2 rings (SSSR count). The standard InChI is InChI=1S/C20H26N2O2/c1-15(2)14-24-19-10-6-17(7-11-19)13-22-12-16-4-8-18(9-5-16)20(23)21-3/h4-11,15,22H,12-14H2,1-3H3,(H,21,23). The fourth-order valence-electron chi connectivity index (χ4n) is 2.24. The molecule has 2 N–H and O–H groups in total. The van der Waals surface area contributed by atoms with E-state index in [1.54, 1.807) is 7.05 Å². The summed E-state index contributed by atoms with van der Waals surface area (Å²) in [5, 5.41) is 6.03. The summed E-state index contributed by atoms with van der Waals surface area (Å²) in [7, 11) is 1.64. The molecule has 1 amide bonds. The molecule has 0 bridgehead atoms. The van der Waals surface area contributed by atoms with Gasteiger partial charge >= 0.3 is 0 Å². The number of hydrogen-bond donors (Lipinski definition) is 2. The van der Waals surface area contributed by atoms with Gasteiger partial charge in [0.05, 0.1) is 6.61 Å². The molecule has 24 heavy (non-hydrogen) atoms. The maximum absolute atomic E-state index is 11.5. The molecule has 0 heterocycles. The van der Waals surface area contributed by atoms with Crippen LogP contribution in [0.1, 0.15) is 35.3 Å². The van der Waals surface area contributed by atoms with Gasteiger partial charge in [-0.2, -0.15) is 0 Å². The van der Waals surface area contributed by atoms with E-state index >= 15 is 0 Å². The summed E-state index contributed by atoms with van der Waals surface area (Å²) in [6, 6.07) is 15.8. The van der Waals surface area contributed by atoms with E-state index in [0.29, 0.717) is 11.5 Å². The fourth-order valence-corrected chi connectivity index (χ4v) is 2.24. The van der Waals surface area contributed by atoms with Crippen LogP contribution in [0.2, 0.25) is 0 Å². The van der Waals surface area contributed by atoms with Crippen molar-refractivity contribution in [2.75, 3.05) is 13.7 Å². The van der Waals surface area contributed by atoms with Crippen molar-refractivity contribution in [1.29, 1.82) is 0 Å². The Hall–Kier alpha value is -2.33. The zero-order valence-electron chi connectivity index (χ0n) is 14.6. The molecule has 4 nitrogen and oxygen atoms in total. The van der Waals surface area contributed by atoms with Crippen molar-refractivity contribution in [3.8, 4) is 5.75 Å². The highest BCUT2D eigenvalue weighted by atomic mass is 16.5. The Bertz CT molecular complexity index is 634. The Kier molecular flexibility index (Phi) is 6.82. The molecule has 0 aromatic heterocycles. The van der Waals surface area contributed by atoms with E-state index in [2.05, 4.69) is 36.6 Å². The topological polar surface area (TPSA) is 50.4 Å². The minimum atomic E-state index is -0.0608. The summed E-state index contributed by atoms with van der Waals surface area (Å²) >= 11 is 0. The van der Waals surface area contributed by atoms with Crippen LogP contribution in [0.15, 0.2) is 48.5 Å². The summed E-state index contributed by atoms with van der Waals surface area (Å²) in [5.74, 6) is 1.38. The van der Waals surface area contributed by atoms with Gasteiger partial charge in [-0.15, -0.1) is 0 Å². The van der Waals surface area contributed by atoms with Crippen LogP contribution in [-0.2, 0) is 13.1 Å². The third-order valence-corrected chi connectivity index (χ3v) is 3.61. The van der Waals surface area contributed by atoms with Crippen LogP contribution in [0.3, 0.4) is 0 Å². The quantitative estimate of drug-likeness (QED) is 0.782. The minimum absolute atomic E-state index is 0.0608. The molecule has 0 radical (unpaired) electrons. The molecule has 0 fully saturated rings. The molecular formula is C20H26N2O2. The van der Waals surface area contributed by atoms with Crippen molar-refractivity contribution in [2.24, 2.45) is 5.92 Å². The van der Waals surface area contributed by atoms with Crippen molar-refractivity contribution < 1.29 is 9.53 Å². The van der Waals surface area contributed by atoms with E-state index in [-0.39, 0.29) is 5.91 Å². The van der Waals surface area contributed by atoms with Gasteiger partial charge in [-0.3, -0.25) is 4.79 Å². The molecule has 2 aromatic carbocycles. The molecule has 4 heteroatoms. The monoisotopic (exact) mass is 326 g/mol. The number of hydrogen-bond acceptors (Lipinski definition) is 3. The van der Waals surface area contributed by atoms with Crippen LogP contribution in [-0.4, -0.2) is 19.6 Å². The molecule has 0 spiro atoms. The average molecular weight is 326 g/mol. The second-order valence-electron chi connectivity index (χ2n) is 6.23. The maximum Gasteiger partial charge on any atom is 0.251 e. The third-order valence-electron chi connectivity index (χ3n) is 3.61. The first kappa shape index (κ1) is 18.0. The van der Waals surface area contributed by atoms with Crippen molar-refractivity contribution in [3.63, 3.8) is 0 Å². The van der Waals surface area contributed by atoms with Gasteiger partial charge in [0.15, 0.2) is 0 Å². The number of ether oxygens (including phenoxy) is 1. The molecule has 2 aromatic rings. The Morgan fingerprint density at radius 1 is 0.958 bits per heavy atom. The van der Waals surface area contributed by atoms with E-state index in [4.69, 9.17) is 4.74 Å². The number of rotatable bonds is 8. The van der Waals surface area contributed by atoms with Crippen molar-refractivity contribution in [3.05, 3.63) is 65.2 Å². The van der Waals surface area contributed by atoms with Crippen LogP contribution < -0.4 is 15.4 Å². The highest BCUT2D eigenvalue weighted by Gasteiger charge is 2.02. The predicted octanol–water partition coefficient (Wildman–Crippen LogP) is 3.37. The lowest BCUT2D eigenvalue weighted by atomic mass is 10.1. The molecular weight excluding hydrogens is 300 g/mol. The highest BCUT2D eigenvalue weighted by molar-refractivity contribution is 5.93. The minimum Gasteiger partial charge on any atom is -0.493 e. The van der Waals surface area contributed by atoms with E-state index in [9.17, 15) is 4.79 Å². The van der Waals surface area contributed by atoms with Gasteiger partial charge < -0.3 is 15.4 Å². The van der Waals surface area contributed by atoms with Crippen molar-refractivity contribution in [2.45, 2.75) is 26.9 Å². The second kappa shape index (κ2) is 9.08. The predicted molar refractivity (Wildman–Crippen MR) is 97.2 cm³/mol. The van der Waals surface area contributed by atoms with E-state index in [0.717, 1.165) is 31.0 Å². The molecule has 0 aliphatic carbocycles. The molecule has 0 atom stereocenters. The van der Waals surface area contributed by atoms with Crippen molar-refractivity contribution in [1.82, 2.24) is 10.6 Å². The van der Waals surface area contributed by atoms with Gasteiger partial charge in [0.2, 0.25) is 0 Å². The first-order valence-electron chi connectivity index (χ1n) is 8.32. The summed E-state index contributed by atoms with van der Waals surface area (Å²) in [6.45, 7) is 6.57. The molecule has 0 saturated carbocycles. The Morgan fingerprint density at radius 3 is 2.00 bits per heavy atom. The first-order chi connectivity index (χ1) is 11.6. The summed E-state index contributed by atoms with van der Waals surface area (Å²) in [6.07, 6.45) is 0. The van der Waals surface area contributed by atoms with Gasteiger partial charge in [-0.25, -0.2) is 0 Å². The normalized spacial score (nSPS) is 10.7. The van der Waals surface area contributed by atoms with E-state index in [1.165, 1.54) is 5.56 Å². The first-order valence-corrected chi connectivity index (χ1v) is 8.32. The average Bonchev–Trinajstić information content (AvgIpc) is 2.61. The zero-order valence-corrected chi connectivity index (χ0v) is 14.6. The van der Waals surface area contributed by atoms with Crippen LogP contribution in [0.4, 0.5) is 0 Å². The summed E-state index contributed by atoms with van der Waals surface area (Å²) in [4.78, 5) is 11.5. The summed E-state index contributed by atoms with van der Waals surface area (Å²) in [5.41, 5.74) is 3.05. The maximum atomic E-state index is 11.5. The van der Waals surface area contributed by atoms with Gasteiger partial charge in [0.25, 0.3) is 5.91 Å². The lowest BCUT2D eigenvalue weighted by molar-refractivity contribution is 0.0963. The largest absolute Gasteiger partial charge is 0.493 e. The molecule has 0 aliphatic heterocycles. The van der Waals surface area contributed by atoms with Crippen molar-refractivity contribution >= 4 is 5.91 Å². The molecule has 0 saturated heterocycles. The number of nitrogens with one attached hydrogen (secondary N) is 2. The van der Waals surface area contributed by atoms with Gasteiger partial charge in [0, 0.05) is 25.7 Å². The molecule has 128 valence electrons. The van der Waals surface area contributed by atoms with E-state index < -0.39 is 0 Å². The van der Waals surface area contributed by atoms with Crippen LogP contribution in [0, 0.1) is 5.92 Å². The number of amides is 1. The fraction of sp³-hybridized carbons (Fsp3) is 0.350. The highest BCUT2D eigenvalue weighted by Crippen LogP contribution is 2.13. The number of carbonyl (C=O) groups is 1. The van der Waals surface area contributed by atoms with Crippen LogP contribution >= 0.6 is 0 Å². The van der Waals surface area contributed by atoms with Gasteiger partial charge in [-0.05, 0) is 41.3 Å². The molecule has 0 aliphatic rings. The molecule has 0 unspecified atom stereocenters. The lowest BCUT2D eigenvalue weighted by Crippen LogP contribution is -2.18. The Balaban J connectivity index is 1.78. The number of benzene rings is 2. The van der Waals surface area contributed by atoms with E-state index in [1.807, 2.05) is 36.4 Å². The Morgan fingerprint density at radius 2 is 1.50 bits per heavy atom. The third kappa shape index (κ3) is 5.70. The van der Waals surface area contributed by atoms with Crippen LogP contribution in [0.25, 0.3) is 0 Å². The Labute approximate surface area is 144 Å². The summed E-state index contributed by atoms with van der Waals surface area (Å²) < 4.78 is 5.68. The lowest BCUT2D eigenvalue weighted by Gasteiger charge is -2.10. The number of carbonyl (C=O) groups excluding carboxylic acids is 1. The zero-order chi connectivity index (χ0) is 17.4. The van der Waals surface area contributed by atoms with Gasteiger partial charge in [-0.1, -0.05) is 38.1 Å². The SMILES string of the molecule is CNC(=O)c1ccc(CNCc2ccc(OCC(C)C)cc2)cc1.